The molecule has 1 aromatic heterocycles. The molecule has 0 bridgehead atoms. The maximum Gasteiger partial charge on any atom is 0.243 e. The summed E-state index contributed by atoms with van der Waals surface area (Å²) >= 11 is 3.01. The molecule has 0 saturated heterocycles. The highest BCUT2D eigenvalue weighted by molar-refractivity contribution is 7.98. The zero-order chi connectivity index (χ0) is 15.2. The smallest absolute Gasteiger partial charge is 0.243 e. The van der Waals surface area contributed by atoms with Crippen molar-refractivity contribution >= 4 is 46.5 Å². The number of phenols is 1. The van der Waals surface area contributed by atoms with E-state index >= 15 is 0 Å². The van der Waals surface area contributed by atoms with E-state index in [9.17, 15) is 9.90 Å². The van der Waals surface area contributed by atoms with Crippen molar-refractivity contribution in [2.45, 2.75) is 12.5 Å². The van der Waals surface area contributed by atoms with Crippen LogP contribution in [0.4, 0.5) is 5.13 Å². The largest absolute Gasteiger partial charge is 0.508 e. The van der Waals surface area contributed by atoms with Crippen molar-refractivity contribution in [3.63, 3.8) is 0 Å². The summed E-state index contributed by atoms with van der Waals surface area (Å²) < 4.78 is 0. The Morgan fingerprint density at radius 1 is 1.45 bits per heavy atom. The number of halogens is 1. The van der Waals surface area contributed by atoms with Crippen LogP contribution < -0.4 is 11.1 Å². The number of benzene rings is 1. The molecule has 8 heteroatoms. The third-order valence-corrected chi connectivity index (χ3v) is 4.27. The zero-order valence-corrected chi connectivity index (χ0v) is 14.4. The van der Waals surface area contributed by atoms with Crippen LogP contribution in [0.25, 0.3) is 11.3 Å². The van der Waals surface area contributed by atoms with E-state index in [-0.39, 0.29) is 24.1 Å². The molecule has 120 valence electrons. The van der Waals surface area contributed by atoms with Crippen molar-refractivity contribution in [1.82, 2.24) is 4.98 Å². The monoisotopic (exact) mass is 359 g/mol. The minimum absolute atomic E-state index is 0. The fourth-order valence-electron chi connectivity index (χ4n) is 1.67. The first-order chi connectivity index (χ1) is 10.1. The molecule has 0 fully saturated rings. The van der Waals surface area contributed by atoms with Gasteiger partial charge in [0.05, 0.1) is 11.7 Å². The van der Waals surface area contributed by atoms with Crippen molar-refractivity contribution in [2.24, 2.45) is 5.73 Å². The molecular formula is C14H18ClN3O2S2. The maximum absolute atomic E-state index is 11.9. The van der Waals surface area contributed by atoms with Crippen LogP contribution in [0.3, 0.4) is 0 Å². The van der Waals surface area contributed by atoms with Crippen LogP contribution in [0, 0.1) is 0 Å². The first-order valence-electron chi connectivity index (χ1n) is 6.40. The van der Waals surface area contributed by atoms with Crippen LogP contribution >= 0.6 is 35.5 Å². The van der Waals surface area contributed by atoms with E-state index in [2.05, 4.69) is 10.3 Å². The molecule has 1 atom stereocenters. The number of nitrogens with one attached hydrogen (secondary N) is 1. The number of thiazole rings is 1. The summed E-state index contributed by atoms with van der Waals surface area (Å²) in [5, 5.41) is 14.4. The Labute approximate surface area is 143 Å². The van der Waals surface area contributed by atoms with Crippen molar-refractivity contribution in [1.29, 1.82) is 0 Å². The highest BCUT2D eigenvalue weighted by Crippen LogP contribution is 2.26. The molecule has 0 spiro atoms. The standard InChI is InChI=1S/C14H17N3O2S2.ClH/c1-20-7-6-11(15)13(19)17-14-16-12(8-21-14)9-2-4-10(18)5-3-9;/h2-5,8,11,18H,6-7,15H2,1H3,(H,16,17,19);1H. The van der Waals surface area contributed by atoms with Gasteiger partial charge in [-0.05, 0) is 42.7 Å². The van der Waals surface area contributed by atoms with E-state index in [1.54, 1.807) is 36.0 Å². The quantitative estimate of drug-likeness (QED) is 0.738. The molecule has 0 aliphatic rings. The lowest BCUT2D eigenvalue weighted by Gasteiger charge is -2.09. The third kappa shape index (κ3) is 5.17. The van der Waals surface area contributed by atoms with E-state index in [0.29, 0.717) is 11.6 Å². The SMILES string of the molecule is CSCCC(N)C(=O)Nc1nc(-c2ccc(O)cc2)cs1.Cl. The number of phenolic OH excluding ortho intramolecular Hbond substituents is 1. The van der Waals surface area contributed by atoms with Gasteiger partial charge >= 0.3 is 0 Å². The van der Waals surface area contributed by atoms with Crippen molar-refractivity contribution < 1.29 is 9.90 Å². The second-order valence-electron chi connectivity index (χ2n) is 4.46. The van der Waals surface area contributed by atoms with Crippen molar-refractivity contribution in [3.05, 3.63) is 29.6 Å². The molecule has 0 aliphatic carbocycles. The number of nitrogens with zero attached hydrogens (tertiary/aromatic N) is 1. The summed E-state index contributed by atoms with van der Waals surface area (Å²) in [6, 6.07) is 6.25. The Hall–Kier alpha value is -1.28. The van der Waals surface area contributed by atoms with Crippen molar-refractivity contribution in [2.75, 3.05) is 17.3 Å². The number of thioether (sulfide) groups is 1. The Morgan fingerprint density at radius 2 is 2.14 bits per heavy atom. The summed E-state index contributed by atoms with van der Waals surface area (Å²) in [7, 11) is 0. The maximum atomic E-state index is 11.9. The summed E-state index contributed by atoms with van der Waals surface area (Å²) in [5.74, 6) is 0.850. The van der Waals surface area contributed by atoms with Gasteiger partial charge in [-0.1, -0.05) is 0 Å². The number of carbonyl (C=O) groups excluding carboxylic acids is 1. The van der Waals surface area contributed by atoms with Gasteiger partial charge in [0.1, 0.15) is 5.75 Å². The highest BCUT2D eigenvalue weighted by atomic mass is 35.5. The topological polar surface area (TPSA) is 88.2 Å². The first kappa shape index (κ1) is 18.8. The molecule has 2 rings (SSSR count). The number of anilines is 1. The molecule has 1 unspecified atom stereocenters. The van der Waals surface area contributed by atoms with Gasteiger partial charge in [0.25, 0.3) is 0 Å². The molecule has 22 heavy (non-hydrogen) atoms. The average molecular weight is 360 g/mol. The zero-order valence-electron chi connectivity index (χ0n) is 12.0. The Bertz CT molecular complexity index is 604. The fraction of sp³-hybridized carbons (Fsp3) is 0.286. The molecule has 2 aromatic rings. The molecule has 0 saturated carbocycles. The van der Waals surface area contributed by atoms with Gasteiger partial charge in [-0.15, -0.1) is 23.7 Å². The van der Waals surface area contributed by atoms with E-state index in [1.807, 2.05) is 11.6 Å². The first-order valence-corrected chi connectivity index (χ1v) is 8.68. The number of hydrogen-bond donors (Lipinski definition) is 3. The van der Waals surface area contributed by atoms with Crippen molar-refractivity contribution in [3.8, 4) is 17.0 Å². The predicted octanol–water partition coefficient (Wildman–Crippen LogP) is 2.96. The Kier molecular flexibility index (Phi) is 7.67. The second kappa shape index (κ2) is 8.99. The molecule has 4 N–H and O–H groups in total. The minimum Gasteiger partial charge on any atom is -0.508 e. The molecule has 0 radical (unpaired) electrons. The van der Waals surface area contributed by atoms with Gasteiger partial charge in [-0.2, -0.15) is 11.8 Å². The van der Waals surface area contributed by atoms with Crippen LogP contribution in [0.2, 0.25) is 0 Å². The number of rotatable bonds is 6. The summed E-state index contributed by atoms with van der Waals surface area (Å²) in [6.45, 7) is 0. The highest BCUT2D eigenvalue weighted by Gasteiger charge is 2.15. The number of carbonyl (C=O) groups is 1. The molecule has 1 heterocycles. The van der Waals surface area contributed by atoms with Crippen LogP contribution in [0.15, 0.2) is 29.6 Å². The summed E-state index contributed by atoms with van der Waals surface area (Å²) in [5.41, 5.74) is 7.45. The number of hydrogen-bond acceptors (Lipinski definition) is 6. The van der Waals surface area contributed by atoms with Gasteiger partial charge in [-0.3, -0.25) is 4.79 Å². The van der Waals surface area contributed by atoms with E-state index in [0.717, 1.165) is 17.0 Å². The number of nitrogens with two attached hydrogens (primary N) is 1. The number of amides is 1. The van der Waals surface area contributed by atoms with Crippen LogP contribution in [0.1, 0.15) is 6.42 Å². The summed E-state index contributed by atoms with van der Waals surface area (Å²) in [4.78, 5) is 16.3. The van der Waals surface area contributed by atoms with Gasteiger partial charge in [0, 0.05) is 10.9 Å². The molecule has 5 nitrogen and oxygen atoms in total. The molecule has 1 amide bonds. The number of aromatic hydroxyl groups is 1. The second-order valence-corrected chi connectivity index (χ2v) is 6.31. The van der Waals surface area contributed by atoms with Gasteiger partial charge in [0.15, 0.2) is 5.13 Å². The average Bonchev–Trinajstić information content (AvgIpc) is 2.93. The third-order valence-electron chi connectivity index (χ3n) is 2.87. The molecular weight excluding hydrogens is 342 g/mol. The van der Waals surface area contributed by atoms with Crippen LogP contribution in [0.5, 0.6) is 5.75 Å². The van der Waals surface area contributed by atoms with Crippen LogP contribution in [-0.2, 0) is 4.79 Å². The van der Waals surface area contributed by atoms with E-state index in [4.69, 9.17) is 5.73 Å². The van der Waals surface area contributed by atoms with Gasteiger partial charge in [0.2, 0.25) is 5.91 Å². The van der Waals surface area contributed by atoms with Gasteiger partial charge < -0.3 is 16.2 Å². The minimum atomic E-state index is -0.515. The normalized spacial score (nSPS) is 11.5. The number of aromatic nitrogens is 1. The lowest BCUT2D eigenvalue weighted by Crippen LogP contribution is -2.36. The van der Waals surface area contributed by atoms with Gasteiger partial charge in [-0.25, -0.2) is 4.98 Å². The Morgan fingerprint density at radius 3 is 2.77 bits per heavy atom. The summed E-state index contributed by atoms with van der Waals surface area (Å²) in [6.07, 6.45) is 2.62. The lowest BCUT2D eigenvalue weighted by molar-refractivity contribution is -0.117. The lowest BCUT2D eigenvalue weighted by atomic mass is 10.2. The van der Waals surface area contributed by atoms with E-state index < -0.39 is 6.04 Å². The predicted molar refractivity (Wildman–Crippen MR) is 96.1 cm³/mol. The van der Waals surface area contributed by atoms with E-state index in [1.165, 1.54) is 11.3 Å². The molecule has 0 aliphatic heterocycles. The van der Waals surface area contributed by atoms with Crippen LogP contribution in [-0.4, -0.2) is 34.0 Å². The fourth-order valence-corrected chi connectivity index (χ4v) is 2.88. The molecule has 1 aromatic carbocycles. The Balaban J connectivity index is 0.00000242.